The van der Waals surface area contributed by atoms with Crippen LogP contribution in [0.4, 0.5) is 21.5 Å². The zero-order valence-corrected chi connectivity index (χ0v) is 10.5. The molecule has 0 unspecified atom stereocenters. The average Bonchev–Trinajstić information content (AvgIpc) is 2.36. The lowest BCUT2D eigenvalue weighted by Gasteiger charge is -2.10. The number of carbonyl (C=O) groups excluding carboxylic acids is 1. The van der Waals surface area contributed by atoms with Gasteiger partial charge in [-0.05, 0) is 36.4 Å². The van der Waals surface area contributed by atoms with E-state index in [0.29, 0.717) is 22.6 Å². The Bertz CT molecular complexity index is 646. The molecule has 19 heavy (non-hydrogen) atoms. The first-order valence-electron chi connectivity index (χ1n) is 5.39. The Labute approximate surface area is 114 Å². The second-order valence-corrected chi connectivity index (χ2v) is 4.33. The molecule has 0 fully saturated rings. The molecule has 0 spiro atoms. The van der Waals surface area contributed by atoms with Crippen LogP contribution in [0.5, 0.6) is 0 Å². The molecule has 0 saturated carbocycles. The van der Waals surface area contributed by atoms with Gasteiger partial charge in [-0.2, -0.15) is 0 Å². The maximum Gasteiger partial charge on any atom is 0.248 e. The van der Waals surface area contributed by atoms with Gasteiger partial charge in [-0.15, -0.1) is 0 Å². The molecule has 4 nitrogen and oxygen atoms in total. The molecule has 2 aromatic rings. The summed E-state index contributed by atoms with van der Waals surface area (Å²) in [5, 5.41) is 2.94. The molecule has 6 heteroatoms. The second kappa shape index (κ2) is 5.16. The first-order valence-corrected chi connectivity index (χ1v) is 5.76. The van der Waals surface area contributed by atoms with E-state index in [9.17, 15) is 9.18 Å². The minimum Gasteiger partial charge on any atom is -0.397 e. The number of anilines is 3. The van der Waals surface area contributed by atoms with Crippen LogP contribution in [0.25, 0.3) is 0 Å². The van der Waals surface area contributed by atoms with Crippen molar-refractivity contribution >= 4 is 34.6 Å². The van der Waals surface area contributed by atoms with Crippen molar-refractivity contribution in [1.29, 1.82) is 0 Å². The summed E-state index contributed by atoms with van der Waals surface area (Å²) < 4.78 is 13.3. The summed E-state index contributed by atoms with van der Waals surface area (Å²) in [4.78, 5) is 11.1. The van der Waals surface area contributed by atoms with Gasteiger partial charge in [0.2, 0.25) is 5.91 Å². The first-order chi connectivity index (χ1) is 8.97. The molecule has 0 atom stereocenters. The number of halogens is 2. The number of hydrogen-bond donors (Lipinski definition) is 3. The monoisotopic (exact) mass is 279 g/mol. The lowest BCUT2D eigenvalue weighted by atomic mass is 10.1. The zero-order chi connectivity index (χ0) is 14.0. The van der Waals surface area contributed by atoms with Gasteiger partial charge in [0.25, 0.3) is 0 Å². The average molecular weight is 280 g/mol. The molecule has 0 radical (unpaired) electrons. The van der Waals surface area contributed by atoms with E-state index >= 15 is 0 Å². The number of nitrogens with two attached hydrogens (primary N) is 2. The Balaban J connectivity index is 2.34. The van der Waals surface area contributed by atoms with Crippen molar-refractivity contribution in [2.24, 2.45) is 5.73 Å². The Morgan fingerprint density at radius 2 is 1.95 bits per heavy atom. The molecule has 0 aliphatic heterocycles. The number of nitrogens with one attached hydrogen (secondary N) is 1. The van der Waals surface area contributed by atoms with Crippen molar-refractivity contribution in [2.75, 3.05) is 11.1 Å². The number of primary amides is 1. The van der Waals surface area contributed by atoms with Crippen molar-refractivity contribution in [3.05, 3.63) is 52.8 Å². The fourth-order valence-electron chi connectivity index (χ4n) is 1.55. The van der Waals surface area contributed by atoms with E-state index in [-0.39, 0.29) is 5.02 Å². The van der Waals surface area contributed by atoms with E-state index in [0.717, 1.165) is 0 Å². The minimum absolute atomic E-state index is 0.0319. The van der Waals surface area contributed by atoms with Crippen molar-refractivity contribution in [1.82, 2.24) is 0 Å². The van der Waals surface area contributed by atoms with Gasteiger partial charge in [0.05, 0.1) is 16.4 Å². The lowest BCUT2D eigenvalue weighted by Crippen LogP contribution is -2.11. The van der Waals surface area contributed by atoms with Crippen LogP contribution in [0, 0.1) is 5.82 Å². The zero-order valence-electron chi connectivity index (χ0n) is 9.78. The van der Waals surface area contributed by atoms with Crippen LogP contribution in [0.3, 0.4) is 0 Å². The third-order valence-electron chi connectivity index (χ3n) is 2.54. The summed E-state index contributed by atoms with van der Waals surface area (Å²) in [5.41, 5.74) is 12.6. The molecule has 1 amide bonds. The number of carbonyl (C=O) groups is 1. The predicted octanol–water partition coefficient (Wildman–Crippen LogP) is 2.90. The number of rotatable bonds is 3. The summed E-state index contributed by atoms with van der Waals surface area (Å²) in [5.74, 6) is -1.11. The number of nitrogen functional groups attached to an aromatic ring is 1. The predicted molar refractivity (Wildman–Crippen MR) is 74.1 cm³/mol. The van der Waals surface area contributed by atoms with E-state index in [1.165, 1.54) is 24.3 Å². The Morgan fingerprint density at radius 3 is 2.58 bits per heavy atom. The van der Waals surface area contributed by atoms with Crippen LogP contribution < -0.4 is 16.8 Å². The van der Waals surface area contributed by atoms with Gasteiger partial charge in [-0.25, -0.2) is 4.39 Å². The van der Waals surface area contributed by atoms with Crippen LogP contribution in [0.15, 0.2) is 36.4 Å². The third kappa shape index (κ3) is 2.95. The van der Waals surface area contributed by atoms with Crippen LogP contribution in [-0.2, 0) is 0 Å². The lowest BCUT2D eigenvalue weighted by molar-refractivity contribution is 0.100. The molecule has 0 aromatic heterocycles. The van der Waals surface area contributed by atoms with Crippen molar-refractivity contribution in [3.8, 4) is 0 Å². The van der Waals surface area contributed by atoms with Crippen LogP contribution in [0.2, 0.25) is 5.02 Å². The van der Waals surface area contributed by atoms with E-state index in [2.05, 4.69) is 5.32 Å². The van der Waals surface area contributed by atoms with E-state index in [4.69, 9.17) is 23.1 Å². The standard InChI is InChI=1S/C13H11ClFN3O/c14-9-3-2-8(6-10(9)15)18-12-5-7(13(17)19)1-4-11(12)16/h1-6,18H,16H2,(H2,17,19). The summed E-state index contributed by atoms with van der Waals surface area (Å²) in [6.45, 7) is 0. The fourth-order valence-corrected chi connectivity index (χ4v) is 1.66. The third-order valence-corrected chi connectivity index (χ3v) is 2.84. The maximum absolute atomic E-state index is 13.3. The summed E-state index contributed by atoms with van der Waals surface area (Å²) in [6, 6.07) is 8.83. The van der Waals surface area contributed by atoms with Crippen molar-refractivity contribution < 1.29 is 9.18 Å². The quantitative estimate of drug-likeness (QED) is 0.756. The van der Waals surface area contributed by atoms with Gasteiger partial charge in [-0.1, -0.05) is 11.6 Å². The smallest absolute Gasteiger partial charge is 0.248 e. The SMILES string of the molecule is NC(=O)c1ccc(N)c(Nc2ccc(Cl)c(F)c2)c1. The fraction of sp³-hybridized carbons (Fsp3) is 0. The molecule has 98 valence electrons. The highest BCUT2D eigenvalue weighted by Gasteiger charge is 2.07. The topological polar surface area (TPSA) is 81.1 Å². The number of hydrogen-bond acceptors (Lipinski definition) is 3. The summed E-state index contributed by atoms with van der Waals surface area (Å²) >= 11 is 5.59. The van der Waals surface area contributed by atoms with Crippen LogP contribution in [0.1, 0.15) is 10.4 Å². The summed E-state index contributed by atoms with van der Waals surface area (Å²) in [6.07, 6.45) is 0. The van der Waals surface area contributed by atoms with Gasteiger partial charge in [-0.3, -0.25) is 4.79 Å². The van der Waals surface area contributed by atoms with E-state index in [1.54, 1.807) is 12.1 Å². The minimum atomic E-state index is -0.565. The maximum atomic E-state index is 13.3. The van der Waals surface area contributed by atoms with Gasteiger partial charge in [0.1, 0.15) is 5.82 Å². The highest BCUT2D eigenvalue weighted by Crippen LogP contribution is 2.26. The van der Waals surface area contributed by atoms with Gasteiger partial charge >= 0.3 is 0 Å². The number of amides is 1. The first kappa shape index (κ1) is 13.2. The Hall–Kier alpha value is -2.27. The molecular weight excluding hydrogens is 269 g/mol. The van der Waals surface area contributed by atoms with Gasteiger partial charge in [0.15, 0.2) is 0 Å². The highest BCUT2D eigenvalue weighted by atomic mass is 35.5. The molecular formula is C13H11ClFN3O. The summed E-state index contributed by atoms with van der Waals surface area (Å²) in [7, 11) is 0. The normalized spacial score (nSPS) is 10.2. The van der Waals surface area contributed by atoms with Crippen molar-refractivity contribution in [2.45, 2.75) is 0 Å². The Kier molecular flexibility index (Phi) is 3.57. The molecule has 2 rings (SSSR count). The molecule has 0 aliphatic carbocycles. The second-order valence-electron chi connectivity index (χ2n) is 3.92. The molecule has 5 N–H and O–H groups in total. The van der Waals surface area contributed by atoms with Gasteiger partial charge < -0.3 is 16.8 Å². The highest BCUT2D eigenvalue weighted by molar-refractivity contribution is 6.30. The largest absolute Gasteiger partial charge is 0.397 e. The van der Waals surface area contributed by atoms with E-state index in [1.807, 2.05) is 0 Å². The molecule has 2 aromatic carbocycles. The van der Waals surface area contributed by atoms with Crippen LogP contribution >= 0.6 is 11.6 Å². The molecule has 0 saturated heterocycles. The molecule has 0 bridgehead atoms. The van der Waals surface area contributed by atoms with Crippen molar-refractivity contribution in [3.63, 3.8) is 0 Å². The molecule has 0 aliphatic rings. The van der Waals surface area contributed by atoms with Crippen LogP contribution in [-0.4, -0.2) is 5.91 Å². The Morgan fingerprint density at radius 1 is 1.21 bits per heavy atom. The van der Waals surface area contributed by atoms with E-state index < -0.39 is 11.7 Å². The van der Waals surface area contributed by atoms with Gasteiger partial charge in [0, 0.05) is 11.3 Å². The number of benzene rings is 2. The molecule has 0 heterocycles.